The number of carbonyl (C=O) groups excluding carboxylic acids is 1. The van der Waals surface area contributed by atoms with Crippen LogP contribution in [0.5, 0.6) is 5.75 Å². The molecule has 2 aliphatic heterocycles. The van der Waals surface area contributed by atoms with Crippen molar-refractivity contribution in [3.63, 3.8) is 0 Å². The Morgan fingerprint density at radius 1 is 0.909 bits per heavy atom. The van der Waals surface area contributed by atoms with Gasteiger partial charge in [0.25, 0.3) is 11.8 Å². The molecule has 1 aromatic heterocycles. The third-order valence-corrected chi connectivity index (χ3v) is 5.98. The Balaban J connectivity index is 1.35. The van der Waals surface area contributed by atoms with Crippen molar-refractivity contribution in [1.29, 1.82) is 0 Å². The number of rotatable bonds is 4. The van der Waals surface area contributed by atoms with E-state index in [-0.39, 0.29) is 11.8 Å². The summed E-state index contributed by atoms with van der Waals surface area (Å²) in [5.41, 5.74) is 5.69. The van der Waals surface area contributed by atoms with E-state index in [0.717, 1.165) is 40.1 Å². The first-order valence-electron chi connectivity index (χ1n) is 10.5. The minimum atomic E-state index is -2.85. The van der Waals surface area contributed by atoms with Gasteiger partial charge in [0.1, 0.15) is 5.75 Å². The van der Waals surface area contributed by atoms with Crippen LogP contribution in [0.25, 0.3) is 22.6 Å². The normalized spacial score (nSPS) is 14.5. The standard InChI is InChI=1S/C25H17F2N3O3/c26-22(27)24-29-28-23(33-24)16-5-6-17-13-30(25(31)19(17)12-16)20-4-2-1-3-18(20)14-7-8-21-15(11-14)9-10-32-21/h1-8,11-12,22H,9-10,13H2. The molecule has 0 spiro atoms. The molecular weight excluding hydrogens is 428 g/mol. The number of anilines is 1. The third-order valence-electron chi connectivity index (χ3n) is 5.98. The van der Waals surface area contributed by atoms with Crippen molar-refractivity contribution in [1.82, 2.24) is 10.2 Å². The van der Waals surface area contributed by atoms with Gasteiger partial charge in [0.15, 0.2) is 0 Å². The van der Waals surface area contributed by atoms with Gasteiger partial charge < -0.3 is 14.1 Å². The Bertz CT molecular complexity index is 1400. The highest BCUT2D eigenvalue weighted by Crippen LogP contribution is 2.39. The molecule has 8 heteroatoms. The fourth-order valence-electron chi connectivity index (χ4n) is 4.38. The molecule has 6 rings (SSSR count). The van der Waals surface area contributed by atoms with Crippen LogP contribution in [0.4, 0.5) is 14.5 Å². The van der Waals surface area contributed by atoms with Crippen LogP contribution in [0.1, 0.15) is 33.8 Å². The number of fused-ring (bicyclic) bond motifs is 2. The van der Waals surface area contributed by atoms with Gasteiger partial charge in [-0.2, -0.15) is 8.78 Å². The van der Waals surface area contributed by atoms with E-state index < -0.39 is 12.3 Å². The van der Waals surface area contributed by atoms with Gasteiger partial charge >= 0.3 is 6.43 Å². The van der Waals surface area contributed by atoms with Crippen molar-refractivity contribution in [2.45, 2.75) is 19.4 Å². The molecule has 6 nitrogen and oxygen atoms in total. The molecule has 0 saturated heterocycles. The number of hydrogen-bond donors (Lipinski definition) is 0. The van der Waals surface area contributed by atoms with Crippen LogP contribution in [-0.2, 0) is 13.0 Å². The summed E-state index contributed by atoms with van der Waals surface area (Å²) >= 11 is 0. The summed E-state index contributed by atoms with van der Waals surface area (Å²) in [6, 6.07) is 19.0. The van der Waals surface area contributed by atoms with E-state index in [9.17, 15) is 13.6 Å². The summed E-state index contributed by atoms with van der Waals surface area (Å²) in [5.74, 6) is -0.0472. The van der Waals surface area contributed by atoms with E-state index in [1.54, 1.807) is 23.1 Å². The lowest BCUT2D eigenvalue weighted by molar-refractivity contribution is 0.0996. The van der Waals surface area contributed by atoms with Gasteiger partial charge in [-0.15, -0.1) is 10.2 Å². The van der Waals surface area contributed by atoms with Gasteiger partial charge in [-0.1, -0.05) is 30.3 Å². The summed E-state index contributed by atoms with van der Waals surface area (Å²) in [6.07, 6.45) is -1.98. The molecule has 0 fully saturated rings. The van der Waals surface area contributed by atoms with Crippen molar-refractivity contribution >= 4 is 11.6 Å². The van der Waals surface area contributed by atoms with Crippen LogP contribution in [0.2, 0.25) is 0 Å². The summed E-state index contributed by atoms with van der Waals surface area (Å²) < 4.78 is 36.3. The quantitative estimate of drug-likeness (QED) is 0.419. The lowest BCUT2D eigenvalue weighted by Crippen LogP contribution is -2.23. The molecule has 33 heavy (non-hydrogen) atoms. The van der Waals surface area contributed by atoms with Crippen LogP contribution in [0, 0.1) is 0 Å². The molecular formula is C25H17F2N3O3. The van der Waals surface area contributed by atoms with Crippen LogP contribution < -0.4 is 9.64 Å². The predicted octanol–water partition coefficient (Wildman–Crippen LogP) is 5.44. The minimum Gasteiger partial charge on any atom is -0.493 e. The van der Waals surface area contributed by atoms with Crippen molar-refractivity contribution in [2.75, 3.05) is 11.5 Å². The maximum absolute atomic E-state index is 13.4. The third kappa shape index (κ3) is 3.26. The molecule has 2 aliphatic rings. The monoisotopic (exact) mass is 445 g/mol. The molecule has 0 bridgehead atoms. The number of carbonyl (C=O) groups is 1. The number of halogens is 2. The van der Waals surface area contributed by atoms with Crippen LogP contribution in [0.3, 0.4) is 0 Å². The smallest absolute Gasteiger partial charge is 0.314 e. The predicted molar refractivity (Wildman–Crippen MR) is 116 cm³/mol. The second-order valence-electron chi connectivity index (χ2n) is 7.95. The second kappa shape index (κ2) is 7.51. The Morgan fingerprint density at radius 3 is 2.61 bits per heavy atom. The highest BCUT2D eigenvalue weighted by molar-refractivity contribution is 6.12. The number of nitrogens with zero attached hydrogens (tertiary/aromatic N) is 3. The van der Waals surface area contributed by atoms with Crippen LogP contribution in [0.15, 0.2) is 65.1 Å². The lowest BCUT2D eigenvalue weighted by atomic mass is 10.00. The summed E-state index contributed by atoms with van der Waals surface area (Å²) in [7, 11) is 0. The molecule has 4 aromatic rings. The molecule has 0 atom stereocenters. The van der Waals surface area contributed by atoms with Gasteiger partial charge in [0.2, 0.25) is 5.89 Å². The molecule has 164 valence electrons. The topological polar surface area (TPSA) is 68.5 Å². The number of hydrogen-bond acceptors (Lipinski definition) is 5. The molecule has 0 aliphatic carbocycles. The molecule has 0 saturated carbocycles. The maximum atomic E-state index is 13.4. The number of ether oxygens (including phenoxy) is 1. The maximum Gasteiger partial charge on any atom is 0.314 e. The lowest BCUT2D eigenvalue weighted by Gasteiger charge is -2.20. The van der Waals surface area contributed by atoms with E-state index in [4.69, 9.17) is 9.15 Å². The average Bonchev–Trinajstić information content (AvgIpc) is 3.57. The largest absolute Gasteiger partial charge is 0.493 e. The van der Waals surface area contributed by atoms with E-state index >= 15 is 0 Å². The van der Waals surface area contributed by atoms with Crippen LogP contribution in [-0.4, -0.2) is 22.7 Å². The first-order valence-corrected chi connectivity index (χ1v) is 10.5. The van der Waals surface area contributed by atoms with Gasteiger partial charge in [0.05, 0.1) is 18.8 Å². The number of amides is 1. The summed E-state index contributed by atoms with van der Waals surface area (Å²) in [4.78, 5) is 15.1. The van der Waals surface area contributed by atoms with E-state index in [2.05, 4.69) is 16.3 Å². The Kier molecular flexibility index (Phi) is 4.46. The van der Waals surface area contributed by atoms with Crippen molar-refractivity contribution in [2.24, 2.45) is 0 Å². The van der Waals surface area contributed by atoms with E-state index in [0.29, 0.717) is 24.3 Å². The van der Waals surface area contributed by atoms with Crippen molar-refractivity contribution < 1.29 is 22.7 Å². The van der Waals surface area contributed by atoms with Gasteiger partial charge in [-0.05, 0) is 47.0 Å². The first-order chi connectivity index (χ1) is 16.1. The molecule has 3 aromatic carbocycles. The average molecular weight is 445 g/mol. The zero-order valence-electron chi connectivity index (χ0n) is 17.3. The highest BCUT2D eigenvalue weighted by Gasteiger charge is 2.31. The number of alkyl halides is 2. The Hall–Kier alpha value is -4.07. The molecule has 0 radical (unpaired) electrons. The van der Waals surface area contributed by atoms with Crippen molar-refractivity contribution in [3.05, 3.63) is 83.2 Å². The second-order valence-corrected chi connectivity index (χ2v) is 7.95. The number of benzene rings is 3. The Labute approximate surface area is 187 Å². The minimum absolute atomic E-state index is 0.0416. The fraction of sp³-hybridized carbons (Fsp3) is 0.160. The number of aromatic nitrogens is 2. The molecule has 0 unspecified atom stereocenters. The van der Waals surface area contributed by atoms with Crippen molar-refractivity contribution in [3.8, 4) is 28.3 Å². The van der Waals surface area contributed by atoms with Crippen LogP contribution >= 0.6 is 0 Å². The highest BCUT2D eigenvalue weighted by atomic mass is 19.3. The van der Waals surface area contributed by atoms with E-state index in [1.165, 1.54) is 0 Å². The molecule has 0 N–H and O–H groups in total. The number of para-hydroxylation sites is 1. The Morgan fingerprint density at radius 2 is 1.76 bits per heavy atom. The van der Waals surface area contributed by atoms with Gasteiger partial charge in [-0.3, -0.25) is 4.79 Å². The first kappa shape index (κ1) is 19.6. The van der Waals surface area contributed by atoms with Gasteiger partial charge in [0, 0.05) is 23.1 Å². The van der Waals surface area contributed by atoms with Gasteiger partial charge in [-0.25, -0.2) is 0 Å². The zero-order valence-corrected chi connectivity index (χ0v) is 17.3. The summed E-state index contributed by atoms with van der Waals surface area (Å²) in [5, 5.41) is 7.05. The molecule has 1 amide bonds. The molecule has 3 heterocycles. The van der Waals surface area contributed by atoms with E-state index in [1.807, 2.05) is 36.4 Å². The zero-order chi connectivity index (χ0) is 22.5. The fourth-order valence-corrected chi connectivity index (χ4v) is 4.38. The SMILES string of the molecule is O=C1c2cc(-c3nnc(C(F)F)o3)ccc2CN1c1ccccc1-c1ccc2c(c1)CCO2. The summed E-state index contributed by atoms with van der Waals surface area (Å²) in [6.45, 7) is 1.09.